The molecule has 0 aliphatic heterocycles. The van der Waals surface area contributed by atoms with Gasteiger partial charge in [0, 0.05) is 12.1 Å². The van der Waals surface area contributed by atoms with Gasteiger partial charge >= 0.3 is 0 Å². The van der Waals surface area contributed by atoms with E-state index in [2.05, 4.69) is 6.58 Å². The summed E-state index contributed by atoms with van der Waals surface area (Å²) in [4.78, 5) is 12.2. The summed E-state index contributed by atoms with van der Waals surface area (Å²) in [5.41, 5.74) is 1.40. The largest absolute Gasteiger partial charge is 0.497 e. The first kappa shape index (κ1) is 17.3. The van der Waals surface area contributed by atoms with Gasteiger partial charge in [-0.15, -0.1) is 6.58 Å². The molecule has 4 nitrogen and oxygen atoms in total. The average Bonchev–Trinajstić information content (AvgIpc) is 2.58. The number of nitrogens with zero attached hydrogens (tertiary/aromatic N) is 2. The van der Waals surface area contributed by atoms with E-state index in [1.807, 2.05) is 44.2 Å². The lowest BCUT2D eigenvalue weighted by Gasteiger charge is -2.12. The van der Waals surface area contributed by atoms with E-state index in [-0.39, 0.29) is 11.1 Å². The smallest absolute Gasteiger partial charge is 0.269 e. The van der Waals surface area contributed by atoms with Gasteiger partial charge in [-0.25, -0.2) is 0 Å². The summed E-state index contributed by atoms with van der Waals surface area (Å²) >= 11 is 0. The number of hydrogen-bond acceptors (Lipinski definition) is 3. The monoisotopic (exact) mass is 296 g/mol. The molecule has 0 amide bonds. The SMILES string of the molecule is C=CCn1c(-c2cccc(OC)c2)ccc(C#N)c1=O.CC. The minimum atomic E-state index is -0.312. The number of nitriles is 1. The minimum Gasteiger partial charge on any atom is -0.497 e. The van der Waals surface area contributed by atoms with E-state index in [4.69, 9.17) is 10.00 Å². The number of benzene rings is 1. The number of pyridine rings is 1. The number of ether oxygens (including phenoxy) is 1. The van der Waals surface area contributed by atoms with E-state index < -0.39 is 0 Å². The van der Waals surface area contributed by atoms with Crippen molar-refractivity contribution in [3.05, 3.63) is 65.0 Å². The molecule has 0 unspecified atom stereocenters. The molecule has 0 atom stereocenters. The van der Waals surface area contributed by atoms with Crippen LogP contribution in [0, 0.1) is 11.3 Å². The summed E-state index contributed by atoms with van der Waals surface area (Å²) in [5.74, 6) is 0.712. The maximum atomic E-state index is 12.2. The third-order valence-corrected chi connectivity index (χ3v) is 2.97. The Morgan fingerprint density at radius 2 is 2.05 bits per heavy atom. The quantitative estimate of drug-likeness (QED) is 0.810. The second kappa shape index (κ2) is 8.48. The van der Waals surface area contributed by atoms with Gasteiger partial charge < -0.3 is 9.30 Å². The summed E-state index contributed by atoms with van der Waals surface area (Å²) in [7, 11) is 1.59. The number of allylic oxidation sites excluding steroid dienone is 1. The van der Waals surface area contributed by atoms with Gasteiger partial charge in [0.25, 0.3) is 5.56 Å². The maximum absolute atomic E-state index is 12.2. The van der Waals surface area contributed by atoms with E-state index in [1.54, 1.807) is 19.3 Å². The molecule has 0 spiro atoms. The van der Waals surface area contributed by atoms with Crippen LogP contribution in [0.3, 0.4) is 0 Å². The average molecular weight is 296 g/mol. The van der Waals surface area contributed by atoms with Gasteiger partial charge in [-0.3, -0.25) is 4.79 Å². The third kappa shape index (κ3) is 3.64. The molecule has 1 aromatic carbocycles. The first-order chi connectivity index (χ1) is 10.7. The third-order valence-electron chi connectivity index (χ3n) is 2.97. The van der Waals surface area contributed by atoms with Crippen LogP contribution >= 0.6 is 0 Å². The van der Waals surface area contributed by atoms with Crippen molar-refractivity contribution in [3.8, 4) is 23.1 Å². The molecule has 0 saturated carbocycles. The minimum absolute atomic E-state index is 0.124. The highest BCUT2D eigenvalue weighted by molar-refractivity contribution is 5.62. The van der Waals surface area contributed by atoms with Gasteiger partial charge in [0.2, 0.25) is 0 Å². The van der Waals surface area contributed by atoms with E-state index in [0.29, 0.717) is 12.3 Å². The first-order valence-corrected chi connectivity index (χ1v) is 7.10. The molecule has 0 radical (unpaired) electrons. The van der Waals surface area contributed by atoms with Crippen molar-refractivity contribution in [1.29, 1.82) is 5.26 Å². The van der Waals surface area contributed by atoms with E-state index >= 15 is 0 Å². The number of aromatic nitrogens is 1. The van der Waals surface area contributed by atoms with Crippen LogP contribution in [-0.2, 0) is 6.54 Å². The second-order valence-electron chi connectivity index (χ2n) is 4.18. The topological polar surface area (TPSA) is 55.0 Å². The van der Waals surface area contributed by atoms with Gasteiger partial charge in [0.1, 0.15) is 17.4 Å². The van der Waals surface area contributed by atoms with Gasteiger partial charge in [-0.1, -0.05) is 32.1 Å². The van der Waals surface area contributed by atoms with Crippen LogP contribution in [0.2, 0.25) is 0 Å². The van der Waals surface area contributed by atoms with Crippen molar-refractivity contribution < 1.29 is 4.74 Å². The Labute approximate surface area is 130 Å². The fourth-order valence-electron chi connectivity index (χ4n) is 2.01. The van der Waals surface area contributed by atoms with Gasteiger partial charge in [-0.2, -0.15) is 5.26 Å². The Morgan fingerprint density at radius 3 is 2.64 bits per heavy atom. The van der Waals surface area contributed by atoms with Gasteiger partial charge in [0.05, 0.1) is 12.8 Å². The maximum Gasteiger partial charge on any atom is 0.269 e. The second-order valence-corrected chi connectivity index (χ2v) is 4.18. The molecule has 22 heavy (non-hydrogen) atoms. The predicted octanol–water partition coefficient (Wildman–Crippen LogP) is 3.61. The van der Waals surface area contributed by atoms with Crippen molar-refractivity contribution >= 4 is 0 Å². The van der Waals surface area contributed by atoms with Crippen molar-refractivity contribution in [2.45, 2.75) is 20.4 Å². The molecular formula is C18H20N2O2. The fraction of sp³-hybridized carbons (Fsp3) is 0.222. The molecule has 0 aliphatic carbocycles. The molecule has 4 heteroatoms. The van der Waals surface area contributed by atoms with Crippen LogP contribution in [0.4, 0.5) is 0 Å². The summed E-state index contributed by atoms with van der Waals surface area (Å²) in [6.07, 6.45) is 1.63. The molecule has 2 rings (SSSR count). The van der Waals surface area contributed by atoms with Crippen LogP contribution in [0.5, 0.6) is 5.75 Å². The zero-order valence-corrected chi connectivity index (χ0v) is 13.2. The summed E-state index contributed by atoms with van der Waals surface area (Å²) < 4.78 is 6.72. The molecule has 0 saturated heterocycles. The molecule has 1 heterocycles. The molecule has 0 bridgehead atoms. The fourth-order valence-corrected chi connectivity index (χ4v) is 2.01. The molecule has 0 aliphatic rings. The highest BCUT2D eigenvalue weighted by Crippen LogP contribution is 2.23. The van der Waals surface area contributed by atoms with Crippen LogP contribution in [0.25, 0.3) is 11.3 Å². The van der Waals surface area contributed by atoms with Crippen LogP contribution in [-0.4, -0.2) is 11.7 Å². The number of methoxy groups -OCH3 is 1. The zero-order valence-electron chi connectivity index (χ0n) is 13.2. The number of rotatable bonds is 4. The number of hydrogen-bond donors (Lipinski definition) is 0. The lowest BCUT2D eigenvalue weighted by atomic mass is 10.1. The van der Waals surface area contributed by atoms with E-state index in [9.17, 15) is 4.79 Å². The highest BCUT2D eigenvalue weighted by Gasteiger charge is 2.09. The van der Waals surface area contributed by atoms with Gasteiger partial charge in [-0.05, 0) is 24.3 Å². The van der Waals surface area contributed by atoms with Crippen LogP contribution in [0.1, 0.15) is 19.4 Å². The zero-order chi connectivity index (χ0) is 16.5. The van der Waals surface area contributed by atoms with E-state index in [0.717, 1.165) is 11.3 Å². The van der Waals surface area contributed by atoms with Crippen molar-refractivity contribution in [3.63, 3.8) is 0 Å². The molecule has 0 N–H and O–H groups in total. The summed E-state index contributed by atoms with van der Waals surface area (Å²) in [6.45, 7) is 8.00. The Kier molecular flexibility index (Phi) is 6.65. The van der Waals surface area contributed by atoms with Crippen LogP contribution in [0.15, 0.2) is 53.8 Å². The first-order valence-electron chi connectivity index (χ1n) is 7.10. The summed E-state index contributed by atoms with van der Waals surface area (Å²) in [5, 5.41) is 8.95. The van der Waals surface area contributed by atoms with E-state index in [1.165, 1.54) is 10.6 Å². The Morgan fingerprint density at radius 1 is 1.32 bits per heavy atom. The molecule has 2 aromatic rings. The Balaban J connectivity index is 0.00000116. The van der Waals surface area contributed by atoms with Crippen molar-refractivity contribution in [2.75, 3.05) is 7.11 Å². The molecular weight excluding hydrogens is 276 g/mol. The molecule has 1 aromatic heterocycles. The molecule has 0 fully saturated rings. The normalized spacial score (nSPS) is 9.18. The Bertz CT molecular complexity index is 739. The standard InChI is InChI=1S/C16H14N2O2.C2H6/c1-3-9-18-15(8-7-13(11-17)16(18)19)12-5-4-6-14(10-12)20-2;1-2/h3-8,10H,1,9H2,2H3;1-2H3. The highest BCUT2D eigenvalue weighted by atomic mass is 16.5. The lowest BCUT2D eigenvalue weighted by Crippen LogP contribution is -2.23. The summed E-state index contributed by atoms with van der Waals surface area (Å²) in [6, 6.07) is 12.6. The predicted molar refractivity (Wildman–Crippen MR) is 89.0 cm³/mol. The van der Waals surface area contributed by atoms with Crippen molar-refractivity contribution in [2.24, 2.45) is 0 Å². The Hall–Kier alpha value is -2.80. The molecule has 114 valence electrons. The van der Waals surface area contributed by atoms with Crippen LogP contribution < -0.4 is 10.3 Å². The lowest BCUT2D eigenvalue weighted by molar-refractivity contribution is 0.415. The van der Waals surface area contributed by atoms with Crippen molar-refractivity contribution in [1.82, 2.24) is 4.57 Å². The van der Waals surface area contributed by atoms with Gasteiger partial charge in [0.15, 0.2) is 0 Å².